The highest BCUT2D eigenvalue weighted by atomic mass is 35.5. The molecule has 4 aromatic rings. The van der Waals surface area contributed by atoms with E-state index in [0.717, 1.165) is 28.7 Å². The van der Waals surface area contributed by atoms with E-state index in [4.69, 9.17) is 16.3 Å². The molecule has 9 nitrogen and oxygen atoms in total. The van der Waals surface area contributed by atoms with Gasteiger partial charge in [-0.05, 0) is 65.1 Å². The summed E-state index contributed by atoms with van der Waals surface area (Å²) in [4.78, 5) is 21.3. The lowest BCUT2D eigenvalue weighted by molar-refractivity contribution is -0.117. The molecule has 1 saturated carbocycles. The minimum atomic E-state index is -0.0687. The summed E-state index contributed by atoms with van der Waals surface area (Å²) in [7, 11) is 0. The Morgan fingerprint density at radius 2 is 1.94 bits per heavy atom. The fourth-order valence-corrected chi connectivity index (χ4v) is 3.93. The summed E-state index contributed by atoms with van der Waals surface area (Å²) in [6, 6.07) is 13.5. The normalized spacial score (nSPS) is 16.9. The minimum Gasteiger partial charge on any atom is -0.464 e. The summed E-state index contributed by atoms with van der Waals surface area (Å²) in [6.07, 6.45) is 4.17. The molecule has 2 atom stereocenters. The summed E-state index contributed by atoms with van der Waals surface area (Å²) in [6.45, 7) is 2.36. The second-order valence-electron chi connectivity index (χ2n) is 7.69. The van der Waals surface area contributed by atoms with Crippen molar-refractivity contribution >= 4 is 23.2 Å². The Labute approximate surface area is 194 Å². The summed E-state index contributed by atoms with van der Waals surface area (Å²) in [5, 5.41) is 17.9. The van der Waals surface area contributed by atoms with Gasteiger partial charge < -0.3 is 10.1 Å². The molecule has 2 heterocycles. The molecule has 0 unspecified atom stereocenters. The summed E-state index contributed by atoms with van der Waals surface area (Å²) >= 11 is 5.97. The molecule has 10 heteroatoms. The van der Waals surface area contributed by atoms with E-state index in [1.165, 1.54) is 0 Å². The Bertz CT molecular complexity index is 1260. The number of hydrogen-bond donors (Lipinski definition) is 2. The van der Waals surface area contributed by atoms with E-state index in [9.17, 15) is 4.79 Å². The van der Waals surface area contributed by atoms with Crippen molar-refractivity contribution in [2.24, 2.45) is 5.92 Å². The number of aromatic nitrogens is 6. The zero-order valence-corrected chi connectivity index (χ0v) is 18.5. The van der Waals surface area contributed by atoms with Gasteiger partial charge in [-0.25, -0.2) is 15.1 Å². The van der Waals surface area contributed by atoms with Crippen LogP contribution in [-0.2, 0) is 4.79 Å². The third kappa shape index (κ3) is 4.54. The Balaban J connectivity index is 1.37. The number of carbonyl (C=O) groups is 1. The van der Waals surface area contributed by atoms with Gasteiger partial charge in [0.1, 0.15) is 0 Å². The van der Waals surface area contributed by atoms with Gasteiger partial charge in [0.05, 0.1) is 6.61 Å². The van der Waals surface area contributed by atoms with E-state index in [0.29, 0.717) is 29.2 Å². The molecule has 1 amide bonds. The predicted octanol–water partition coefficient (Wildman–Crippen LogP) is 4.12. The van der Waals surface area contributed by atoms with Crippen molar-refractivity contribution in [1.82, 2.24) is 30.6 Å². The maximum absolute atomic E-state index is 12.9. The van der Waals surface area contributed by atoms with Gasteiger partial charge in [0.15, 0.2) is 5.82 Å². The van der Waals surface area contributed by atoms with Crippen LogP contribution in [0.5, 0.6) is 6.01 Å². The Morgan fingerprint density at radius 1 is 1.15 bits per heavy atom. The number of H-pyrrole nitrogens is 1. The first-order chi connectivity index (χ1) is 16.1. The van der Waals surface area contributed by atoms with Crippen molar-refractivity contribution in [3.05, 3.63) is 65.4 Å². The number of amides is 1. The number of rotatable bonds is 7. The molecular weight excluding hydrogens is 442 g/mol. The molecule has 2 N–H and O–H groups in total. The minimum absolute atomic E-state index is 0.0197. The van der Waals surface area contributed by atoms with Crippen molar-refractivity contribution in [1.29, 1.82) is 0 Å². The van der Waals surface area contributed by atoms with Crippen LogP contribution in [0.2, 0.25) is 5.02 Å². The maximum atomic E-state index is 12.9. The number of carbonyl (C=O) groups excluding carboxylic acids is 1. The largest absolute Gasteiger partial charge is 0.464 e. The van der Waals surface area contributed by atoms with Gasteiger partial charge in [-0.3, -0.25) is 4.79 Å². The molecule has 1 fully saturated rings. The number of ether oxygens (including phenoxy) is 1. The van der Waals surface area contributed by atoms with E-state index < -0.39 is 0 Å². The smallest absolute Gasteiger partial charge is 0.316 e. The van der Waals surface area contributed by atoms with Gasteiger partial charge in [0.25, 0.3) is 0 Å². The van der Waals surface area contributed by atoms with E-state index in [1.54, 1.807) is 12.4 Å². The second kappa shape index (κ2) is 8.95. The zero-order valence-electron chi connectivity index (χ0n) is 17.7. The average molecular weight is 462 g/mol. The lowest BCUT2D eigenvalue weighted by atomic mass is 10.0. The molecule has 0 bridgehead atoms. The van der Waals surface area contributed by atoms with Crippen molar-refractivity contribution in [2.45, 2.75) is 19.3 Å². The highest BCUT2D eigenvalue weighted by Gasteiger charge is 2.43. The summed E-state index contributed by atoms with van der Waals surface area (Å²) in [5.74, 6) is 0.593. The Hall–Kier alpha value is -3.85. The summed E-state index contributed by atoms with van der Waals surface area (Å²) in [5.41, 5.74) is 4.09. The first-order valence-corrected chi connectivity index (χ1v) is 10.9. The van der Waals surface area contributed by atoms with Gasteiger partial charge in [-0.2, -0.15) is 0 Å². The van der Waals surface area contributed by atoms with Crippen LogP contribution in [0.25, 0.3) is 22.5 Å². The van der Waals surface area contributed by atoms with Crippen LogP contribution in [-0.4, -0.2) is 43.1 Å². The van der Waals surface area contributed by atoms with Crippen LogP contribution in [0.3, 0.4) is 0 Å². The average Bonchev–Trinajstić information content (AvgIpc) is 3.45. The highest BCUT2D eigenvalue weighted by molar-refractivity contribution is 6.30. The first-order valence-electron chi connectivity index (χ1n) is 10.5. The Morgan fingerprint density at radius 3 is 2.64 bits per heavy atom. The summed E-state index contributed by atoms with van der Waals surface area (Å²) < 4.78 is 5.32. The lowest BCUT2D eigenvalue weighted by Gasteiger charge is -2.11. The lowest BCUT2D eigenvalue weighted by Crippen LogP contribution is -2.14. The third-order valence-electron chi connectivity index (χ3n) is 5.53. The number of tetrazole rings is 1. The topological polar surface area (TPSA) is 119 Å². The number of halogens is 1. The standard InChI is InChI=1S/C23H20ClN7O2/c1-2-33-23-25-11-14(12-26-23)17-8-7-16(9-19(17)21-28-30-31-29-21)27-22(32)20-10-18(20)13-3-5-15(24)6-4-13/h3-9,11-12,18,20H,2,10H2,1H3,(H,27,32)(H,28,29,30,31)/t18-,20+/m0/s1. The van der Waals surface area contributed by atoms with Gasteiger partial charge in [-0.15, -0.1) is 5.10 Å². The molecule has 33 heavy (non-hydrogen) atoms. The maximum Gasteiger partial charge on any atom is 0.316 e. The van der Waals surface area contributed by atoms with E-state index in [-0.39, 0.29) is 17.7 Å². The molecule has 1 aliphatic carbocycles. The van der Waals surface area contributed by atoms with Crippen LogP contribution in [0.4, 0.5) is 5.69 Å². The highest BCUT2D eigenvalue weighted by Crippen LogP contribution is 2.48. The molecular formula is C23H20ClN7O2. The van der Waals surface area contributed by atoms with Crippen molar-refractivity contribution in [2.75, 3.05) is 11.9 Å². The van der Waals surface area contributed by atoms with Crippen LogP contribution in [0.1, 0.15) is 24.8 Å². The SMILES string of the molecule is CCOc1ncc(-c2ccc(NC(=O)[C@@H]3C[C@H]3c3ccc(Cl)cc3)cc2-c2nnn[nH]2)cn1. The quantitative estimate of drug-likeness (QED) is 0.425. The first kappa shape index (κ1) is 21.0. The predicted molar refractivity (Wildman–Crippen MR) is 123 cm³/mol. The number of benzene rings is 2. The van der Waals surface area contributed by atoms with Crippen LogP contribution in [0.15, 0.2) is 54.9 Å². The number of nitrogens with one attached hydrogen (secondary N) is 2. The molecule has 0 saturated heterocycles. The number of nitrogens with zero attached hydrogens (tertiary/aromatic N) is 5. The van der Waals surface area contributed by atoms with E-state index in [1.807, 2.05) is 49.4 Å². The molecule has 1 aliphatic rings. The molecule has 0 aliphatic heterocycles. The van der Waals surface area contributed by atoms with Crippen LogP contribution >= 0.6 is 11.6 Å². The number of anilines is 1. The second-order valence-corrected chi connectivity index (χ2v) is 8.12. The zero-order chi connectivity index (χ0) is 22.8. The van der Waals surface area contributed by atoms with Gasteiger partial charge in [0, 0.05) is 40.1 Å². The van der Waals surface area contributed by atoms with E-state index >= 15 is 0 Å². The number of hydrogen-bond acceptors (Lipinski definition) is 7. The van der Waals surface area contributed by atoms with E-state index in [2.05, 4.69) is 35.9 Å². The molecule has 166 valence electrons. The molecule has 0 spiro atoms. The molecule has 2 aromatic carbocycles. The van der Waals surface area contributed by atoms with Crippen LogP contribution in [0, 0.1) is 5.92 Å². The van der Waals surface area contributed by atoms with Crippen molar-refractivity contribution in [3.63, 3.8) is 0 Å². The molecule has 0 radical (unpaired) electrons. The van der Waals surface area contributed by atoms with Crippen molar-refractivity contribution < 1.29 is 9.53 Å². The fourth-order valence-electron chi connectivity index (χ4n) is 3.80. The van der Waals surface area contributed by atoms with Crippen molar-refractivity contribution in [3.8, 4) is 28.5 Å². The van der Waals surface area contributed by atoms with Gasteiger partial charge in [0.2, 0.25) is 5.91 Å². The number of aromatic amines is 1. The van der Waals surface area contributed by atoms with Gasteiger partial charge in [-0.1, -0.05) is 29.8 Å². The fraction of sp³-hybridized carbons (Fsp3) is 0.217. The third-order valence-corrected chi connectivity index (χ3v) is 5.78. The monoisotopic (exact) mass is 461 g/mol. The van der Waals surface area contributed by atoms with Gasteiger partial charge >= 0.3 is 6.01 Å². The molecule has 2 aromatic heterocycles. The molecule has 5 rings (SSSR count). The Kier molecular flexibility index (Phi) is 5.70. The van der Waals surface area contributed by atoms with Crippen LogP contribution < -0.4 is 10.1 Å².